The third-order valence-corrected chi connectivity index (χ3v) is 9.59. The van der Waals surface area contributed by atoms with Crippen molar-refractivity contribution < 1.29 is 9.59 Å². The molecule has 2 unspecified atom stereocenters. The molecule has 1 spiro atoms. The topological polar surface area (TPSA) is 40.6 Å². The van der Waals surface area contributed by atoms with Gasteiger partial charge in [-0.05, 0) is 84.5 Å². The fourth-order valence-corrected chi connectivity index (χ4v) is 7.71. The molecular formula is C35H36N2O2. The molecule has 2 heterocycles. The van der Waals surface area contributed by atoms with Crippen LogP contribution in [0.5, 0.6) is 0 Å². The minimum absolute atomic E-state index is 0.0347. The van der Waals surface area contributed by atoms with Crippen molar-refractivity contribution in [3.8, 4) is 0 Å². The molecule has 2 atom stereocenters. The van der Waals surface area contributed by atoms with Gasteiger partial charge in [-0.25, -0.2) is 0 Å². The van der Waals surface area contributed by atoms with Crippen LogP contribution in [-0.4, -0.2) is 47.3 Å². The number of hydrogen-bond acceptors (Lipinski definition) is 3. The van der Waals surface area contributed by atoms with Crippen molar-refractivity contribution in [2.45, 2.75) is 57.5 Å². The molecular weight excluding hydrogens is 480 g/mol. The Kier molecular flexibility index (Phi) is 6.24. The van der Waals surface area contributed by atoms with Crippen molar-refractivity contribution in [1.82, 2.24) is 9.80 Å². The van der Waals surface area contributed by atoms with E-state index in [4.69, 9.17) is 0 Å². The second-order valence-electron chi connectivity index (χ2n) is 11.9. The largest absolute Gasteiger partial charge is 0.323 e. The molecule has 39 heavy (non-hydrogen) atoms. The molecule has 1 aliphatic carbocycles. The van der Waals surface area contributed by atoms with E-state index >= 15 is 0 Å². The highest BCUT2D eigenvalue weighted by atomic mass is 16.2. The number of piperidine rings is 2. The van der Waals surface area contributed by atoms with Crippen molar-refractivity contribution >= 4 is 33.2 Å². The Morgan fingerprint density at radius 2 is 1.46 bits per heavy atom. The zero-order valence-corrected chi connectivity index (χ0v) is 22.6. The lowest BCUT2D eigenvalue weighted by Crippen LogP contribution is -2.58. The normalized spacial score (nSPS) is 24.2. The summed E-state index contributed by atoms with van der Waals surface area (Å²) in [4.78, 5) is 33.3. The summed E-state index contributed by atoms with van der Waals surface area (Å²) in [5, 5.41) is 4.26. The quantitative estimate of drug-likeness (QED) is 0.264. The van der Waals surface area contributed by atoms with Crippen molar-refractivity contribution in [2.75, 3.05) is 19.6 Å². The molecule has 1 amide bonds. The Morgan fingerprint density at radius 1 is 0.769 bits per heavy atom. The second kappa shape index (κ2) is 9.91. The van der Waals surface area contributed by atoms with Gasteiger partial charge in [-0.2, -0.15) is 0 Å². The van der Waals surface area contributed by atoms with Crippen LogP contribution in [-0.2, 0) is 6.42 Å². The third-order valence-electron chi connectivity index (χ3n) is 9.59. The van der Waals surface area contributed by atoms with Gasteiger partial charge in [0.25, 0.3) is 5.91 Å². The van der Waals surface area contributed by atoms with Gasteiger partial charge in [-0.1, -0.05) is 72.8 Å². The number of aryl methyl sites for hydroxylation is 1. The predicted octanol–water partition coefficient (Wildman–Crippen LogP) is 7.25. The van der Waals surface area contributed by atoms with E-state index in [0.717, 1.165) is 104 Å². The molecule has 4 heteroatoms. The van der Waals surface area contributed by atoms with Crippen LogP contribution in [0, 0.1) is 5.41 Å². The molecule has 2 fully saturated rings. The van der Waals surface area contributed by atoms with Crippen molar-refractivity contribution in [3.05, 3.63) is 95.6 Å². The van der Waals surface area contributed by atoms with E-state index in [1.807, 2.05) is 36.4 Å². The lowest BCUT2D eigenvalue weighted by Gasteiger charge is -2.49. The van der Waals surface area contributed by atoms with Gasteiger partial charge in [0.1, 0.15) is 0 Å². The average molecular weight is 517 g/mol. The molecule has 0 radical (unpaired) electrons. The Hall–Kier alpha value is -3.50. The number of rotatable bonds is 2. The zero-order valence-electron chi connectivity index (χ0n) is 22.6. The van der Waals surface area contributed by atoms with E-state index in [-0.39, 0.29) is 17.5 Å². The molecule has 4 nitrogen and oxygen atoms in total. The molecule has 2 aliphatic heterocycles. The molecule has 0 N–H and O–H groups in total. The summed E-state index contributed by atoms with van der Waals surface area (Å²) in [5.74, 6) is 0.457. The number of likely N-dealkylation sites (tertiary alicyclic amines) is 2. The van der Waals surface area contributed by atoms with Gasteiger partial charge in [-0.3, -0.25) is 14.5 Å². The molecule has 2 saturated heterocycles. The van der Waals surface area contributed by atoms with Crippen molar-refractivity contribution in [1.29, 1.82) is 0 Å². The van der Waals surface area contributed by atoms with Crippen LogP contribution in [0.3, 0.4) is 0 Å². The summed E-state index contributed by atoms with van der Waals surface area (Å²) in [7, 11) is 0. The van der Waals surface area contributed by atoms with E-state index < -0.39 is 0 Å². The van der Waals surface area contributed by atoms with E-state index in [2.05, 4.69) is 52.3 Å². The first-order valence-corrected chi connectivity index (χ1v) is 14.7. The van der Waals surface area contributed by atoms with E-state index in [1.54, 1.807) is 0 Å². The highest BCUT2D eigenvalue weighted by molar-refractivity contribution is 6.18. The van der Waals surface area contributed by atoms with Crippen LogP contribution in [0.25, 0.3) is 21.5 Å². The van der Waals surface area contributed by atoms with Crippen LogP contribution >= 0.6 is 0 Å². The minimum Gasteiger partial charge on any atom is -0.323 e. The Balaban J connectivity index is 1.25. The number of fused-ring (bicyclic) bond motifs is 3. The molecule has 198 valence electrons. The van der Waals surface area contributed by atoms with Gasteiger partial charge in [-0.15, -0.1) is 0 Å². The van der Waals surface area contributed by atoms with Crippen LogP contribution < -0.4 is 0 Å². The smallest absolute Gasteiger partial charge is 0.256 e. The monoisotopic (exact) mass is 516 g/mol. The highest BCUT2D eigenvalue weighted by Gasteiger charge is 2.46. The zero-order chi connectivity index (χ0) is 26.4. The number of carbonyl (C=O) groups excluding carboxylic acids is 2. The van der Waals surface area contributed by atoms with E-state index in [1.165, 1.54) is 5.56 Å². The van der Waals surface area contributed by atoms with Crippen LogP contribution in [0.2, 0.25) is 0 Å². The fraction of sp³-hybridized carbons (Fsp3) is 0.371. The maximum atomic E-state index is 14.6. The van der Waals surface area contributed by atoms with Crippen LogP contribution in [0.4, 0.5) is 0 Å². The molecule has 0 bridgehead atoms. The molecule has 4 aromatic rings. The van der Waals surface area contributed by atoms with E-state index in [0.29, 0.717) is 5.78 Å². The Morgan fingerprint density at radius 3 is 2.26 bits per heavy atom. The van der Waals surface area contributed by atoms with Crippen molar-refractivity contribution in [2.24, 2.45) is 5.41 Å². The van der Waals surface area contributed by atoms with Gasteiger partial charge in [0.2, 0.25) is 0 Å². The number of benzene rings is 4. The third kappa shape index (κ3) is 4.17. The number of nitrogens with zero attached hydrogens (tertiary/aromatic N) is 2. The first-order chi connectivity index (χ1) is 19.1. The van der Waals surface area contributed by atoms with Crippen molar-refractivity contribution in [3.63, 3.8) is 0 Å². The molecule has 7 rings (SSSR count). The first-order valence-electron chi connectivity index (χ1n) is 14.7. The number of amides is 1. The summed E-state index contributed by atoms with van der Waals surface area (Å²) in [6.07, 6.45) is 8.06. The summed E-state index contributed by atoms with van der Waals surface area (Å²) >= 11 is 0. The van der Waals surface area contributed by atoms with E-state index in [9.17, 15) is 9.59 Å². The minimum atomic E-state index is -0.344. The van der Waals surface area contributed by atoms with Gasteiger partial charge in [0.05, 0.1) is 11.7 Å². The van der Waals surface area contributed by atoms with Gasteiger partial charge in [0, 0.05) is 30.6 Å². The maximum absolute atomic E-state index is 14.6. The van der Waals surface area contributed by atoms with Crippen LogP contribution in [0.1, 0.15) is 71.2 Å². The first kappa shape index (κ1) is 24.5. The lowest BCUT2D eigenvalue weighted by atomic mass is 9.71. The lowest BCUT2D eigenvalue weighted by molar-refractivity contribution is -0.0214. The summed E-state index contributed by atoms with van der Waals surface area (Å²) < 4.78 is 0. The summed E-state index contributed by atoms with van der Waals surface area (Å²) in [6, 6.07) is 27.0. The van der Waals surface area contributed by atoms with Crippen LogP contribution in [0.15, 0.2) is 78.9 Å². The predicted molar refractivity (Wildman–Crippen MR) is 157 cm³/mol. The average Bonchev–Trinajstić information content (AvgIpc) is 3.12. The van der Waals surface area contributed by atoms with Gasteiger partial charge >= 0.3 is 0 Å². The standard InChI is InChI=1S/C35H36N2O2/c38-33-30-17-6-1-11-25(30)14-9-19-35(33)20-10-21-36(24-35)31-18-7-8-22-37(31)34(39)32-28-15-4-2-12-26(28)23-27-13-3-5-16-29(27)32/h1-6,11-13,15-17,23,31H,7-10,14,18-22,24H2. The SMILES string of the molecule is O=C(c1c2ccccc2cc2ccccc12)N1CCCCC1N1CCCC2(CCCc3ccccc3C2=O)C1. The molecule has 3 aliphatic rings. The number of ketones is 1. The summed E-state index contributed by atoms with van der Waals surface area (Å²) in [5.41, 5.74) is 2.61. The Bertz CT molecular complexity index is 1520. The molecule has 0 saturated carbocycles. The van der Waals surface area contributed by atoms with Gasteiger partial charge in [0.15, 0.2) is 5.78 Å². The molecule has 0 aromatic heterocycles. The number of carbonyl (C=O) groups is 2. The highest BCUT2D eigenvalue weighted by Crippen LogP contribution is 2.43. The number of Topliss-reactive ketones (excluding diaryl/α,β-unsaturated/α-hetero) is 1. The fourth-order valence-electron chi connectivity index (χ4n) is 7.71. The Labute approximate surface area is 230 Å². The second-order valence-corrected chi connectivity index (χ2v) is 11.9. The van der Waals surface area contributed by atoms with Gasteiger partial charge < -0.3 is 4.90 Å². The molecule has 4 aromatic carbocycles. The summed E-state index contributed by atoms with van der Waals surface area (Å²) in [6.45, 7) is 2.47. The maximum Gasteiger partial charge on any atom is 0.256 e. The number of hydrogen-bond donors (Lipinski definition) is 0.